The van der Waals surface area contributed by atoms with Crippen LogP contribution < -0.4 is 10.0 Å². The van der Waals surface area contributed by atoms with Gasteiger partial charge in [0, 0.05) is 23.0 Å². The first-order valence-corrected chi connectivity index (χ1v) is 11.6. The summed E-state index contributed by atoms with van der Waals surface area (Å²) < 4.78 is 30.2. The highest BCUT2D eigenvalue weighted by Crippen LogP contribution is 2.25. The van der Waals surface area contributed by atoms with Gasteiger partial charge in [-0.15, -0.1) is 11.3 Å². The highest BCUT2D eigenvalue weighted by molar-refractivity contribution is 7.88. The quantitative estimate of drug-likeness (QED) is 0.602. The Morgan fingerprint density at radius 1 is 1.18 bits per heavy atom. The molecule has 0 aliphatic heterocycles. The minimum absolute atomic E-state index is 0.160. The molecule has 0 radical (unpaired) electrons. The molecule has 9 heteroatoms. The second-order valence-corrected chi connectivity index (χ2v) is 9.66. The van der Waals surface area contributed by atoms with Crippen LogP contribution in [0.3, 0.4) is 0 Å². The average Bonchev–Trinajstić information content (AvgIpc) is 3.33. The number of amides is 1. The zero-order valence-electron chi connectivity index (χ0n) is 15.4. The zero-order chi connectivity index (χ0) is 20.1. The summed E-state index contributed by atoms with van der Waals surface area (Å²) in [7, 11) is -3.25. The van der Waals surface area contributed by atoms with Crippen molar-refractivity contribution in [1.82, 2.24) is 10.0 Å². The molecule has 1 unspecified atom stereocenters. The summed E-state index contributed by atoms with van der Waals surface area (Å²) in [6, 6.07) is 12.5. The number of benzene rings is 1. The fourth-order valence-corrected chi connectivity index (χ4v) is 3.92. The molecule has 0 saturated heterocycles. The Kier molecular flexibility index (Phi) is 6.48. The third-order valence-electron chi connectivity index (χ3n) is 4.09. The molecule has 1 heterocycles. The number of thiophene rings is 1. The second-order valence-electron chi connectivity index (χ2n) is 6.66. The molecule has 2 aromatic rings. The predicted octanol–water partition coefficient (Wildman–Crippen LogP) is 2.02. The summed E-state index contributed by atoms with van der Waals surface area (Å²) in [5.41, 5.74) is 0.614. The van der Waals surface area contributed by atoms with Crippen molar-refractivity contribution in [2.45, 2.75) is 31.4 Å². The molecule has 28 heavy (non-hydrogen) atoms. The van der Waals surface area contributed by atoms with Crippen LogP contribution in [0, 0.1) is 0 Å². The first kappa shape index (κ1) is 20.5. The van der Waals surface area contributed by atoms with Crippen molar-refractivity contribution >= 4 is 33.2 Å². The molecule has 1 saturated carbocycles. The van der Waals surface area contributed by atoms with Crippen LogP contribution in [0.15, 0.2) is 42.5 Å². The lowest BCUT2D eigenvalue weighted by atomic mass is 10.1. The molecule has 1 aliphatic rings. The Balaban J connectivity index is 1.65. The summed E-state index contributed by atoms with van der Waals surface area (Å²) in [5.74, 6) is -0.900. The molecular formula is C19H22N2O5S2. The van der Waals surface area contributed by atoms with Crippen molar-refractivity contribution in [3.8, 4) is 0 Å². The minimum atomic E-state index is -3.25. The number of sulfonamides is 1. The Morgan fingerprint density at radius 2 is 1.89 bits per heavy atom. The fraction of sp³-hybridized carbons (Fsp3) is 0.368. The molecule has 0 spiro atoms. The average molecular weight is 423 g/mol. The van der Waals surface area contributed by atoms with E-state index in [1.807, 2.05) is 6.07 Å². The third kappa shape index (κ3) is 6.15. The standard InChI is InChI=1S/C19H22N2O5S2/c1-28(24,25)20-12-11-15-9-10-16(27-15)19(23)26-17(13-5-3-2-4-6-13)18(22)21-14-7-8-14/h2-6,9-10,14,17,20H,7-8,11-12H2,1H3,(H,21,22). The molecular weight excluding hydrogens is 400 g/mol. The van der Waals surface area contributed by atoms with E-state index >= 15 is 0 Å². The van der Waals surface area contributed by atoms with Gasteiger partial charge in [-0.25, -0.2) is 17.9 Å². The lowest BCUT2D eigenvalue weighted by Crippen LogP contribution is -2.33. The van der Waals surface area contributed by atoms with Crippen LogP contribution in [0.1, 0.15) is 39.1 Å². The Hall–Kier alpha value is -2.23. The van der Waals surface area contributed by atoms with Crippen LogP contribution in [0.2, 0.25) is 0 Å². The fourth-order valence-electron chi connectivity index (χ4n) is 2.55. The Morgan fingerprint density at radius 3 is 2.54 bits per heavy atom. The topological polar surface area (TPSA) is 102 Å². The van der Waals surface area contributed by atoms with Crippen LogP contribution in [0.5, 0.6) is 0 Å². The third-order valence-corrected chi connectivity index (χ3v) is 5.94. The maximum atomic E-state index is 12.6. The number of esters is 1. The van der Waals surface area contributed by atoms with E-state index in [0.29, 0.717) is 16.9 Å². The molecule has 2 N–H and O–H groups in total. The SMILES string of the molecule is CS(=O)(=O)NCCc1ccc(C(=O)OC(C(=O)NC2CC2)c2ccccc2)s1. The maximum absolute atomic E-state index is 12.6. The minimum Gasteiger partial charge on any atom is -0.443 e. The molecule has 150 valence electrons. The van der Waals surface area contributed by atoms with Crippen molar-refractivity contribution in [3.63, 3.8) is 0 Å². The summed E-state index contributed by atoms with van der Waals surface area (Å²) in [6.45, 7) is 0.254. The molecule has 1 amide bonds. The van der Waals surface area contributed by atoms with Gasteiger partial charge in [-0.3, -0.25) is 4.79 Å². The summed E-state index contributed by atoms with van der Waals surface area (Å²) >= 11 is 1.23. The van der Waals surface area contributed by atoms with Crippen molar-refractivity contribution in [2.75, 3.05) is 12.8 Å². The number of rotatable bonds is 9. The van der Waals surface area contributed by atoms with Crippen molar-refractivity contribution in [1.29, 1.82) is 0 Å². The summed E-state index contributed by atoms with van der Waals surface area (Å²) in [4.78, 5) is 26.3. The maximum Gasteiger partial charge on any atom is 0.349 e. The van der Waals surface area contributed by atoms with E-state index in [2.05, 4.69) is 10.0 Å². The van der Waals surface area contributed by atoms with Gasteiger partial charge in [0.15, 0.2) is 0 Å². The van der Waals surface area contributed by atoms with Gasteiger partial charge >= 0.3 is 5.97 Å². The molecule has 1 fully saturated rings. The summed E-state index contributed by atoms with van der Waals surface area (Å²) in [6.07, 6.45) is 2.44. The number of carbonyl (C=O) groups is 2. The van der Waals surface area contributed by atoms with Crippen LogP contribution in [0.4, 0.5) is 0 Å². The largest absolute Gasteiger partial charge is 0.443 e. The highest BCUT2D eigenvalue weighted by Gasteiger charge is 2.31. The van der Waals surface area contributed by atoms with Gasteiger partial charge in [0.05, 0.1) is 6.26 Å². The van der Waals surface area contributed by atoms with Gasteiger partial charge in [-0.1, -0.05) is 30.3 Å². The van der Waals surface area contributed by atoms with E-state index in [9.17, 15) is 18.0 Å². The number of nitrogens with one attached hydrogen (secondary N) is 2. The first-order chi connectivity index (χ1) is 13.3. The number of hydrogen-bond donors (Lipinski definition) is 2. The number of hydrogen-bond acceptors (Lipinski definition) is 6. The van der Waals surface area contributed by atoms with E-state index in [0.717, 1.165) is 24.0 Å². The smallest absolute Gasteiger partial charge is 0.349 e. The van der Waals surface area contributed by atoms with Gasteiger partial charge in [-0.05, 0) is 31.4 Å². The van der Waals surface area contributed by atoms with Gasteiger partial charge in [-0.2, -0.15) is 0 Å². The van der Waals surface area contributed by atoms with E-state index < -0.39 is 22.1 Å². The van der Waals surface area contributed by atoms with Crippen LogP contribution >= 0.6 is 11.3 Å². The number of carbonyl (C=O) groups excluding carboxylic acids is 2. The predicted molar refractivity (Wildman–Crippen MR) is 107 cm³/mol. The molecule has 7 nitrogen and oxygen atoms in total. The summed E-state index contributed by atoms with van der Waals surface area (Å²) in [5, 5.41) is 2.88. The van der Waals surface area contributed by atoms with E-state index in [4.69, 9.17) is 4.74 Å². The molecule has 3 rings (SSSR count). The molecule has 1 atom stereocenters. The highest BCUT2D eigenvalue weighted by atomic mass is 32.2. The zero-order valence-corrected chi connectivity index (χ0v) is 17.0. The van der Waals surface area contributed by atoms with Crippen LogP contribution in [-0.4, -0.2) is 39.1 Å². The van der Waals surface area contributed by atoms with E-state index in [-0.39, 0.29) is 18.5 Å². The second kappa shape index (κ2) is 8.85. The Labute approximate surface area is 168 Å². The van der Waals surface area contributed by atoms with E-state index in [1.165, 1.54) is 11.3 Å². The normalized spacial score (nSPS) is 15.0. The van der Waals surface area contributed by atoms with Gasteiger partial charge in [0.1, 0.15) is 4.88 Å². The van der Waals surface area contributed by atoms with Gasteiger partial charge < -0.3 is 10.1 Å². The molecule has 1 aliphatic carbocycles. The number of ether oxygens (including phenoxy) is 1. The molecule has 0 bridgehead atoms. The lowest BCUT2D eigenvalue weighted by molar-refractivity contribution is -0.130. The molecule has 1 aromatic heterocycles. The van der Waals surface area contributed by atoms with Gasteiger partial charge in [0.25, 0.3) is 5.91 Å². The van der Waals surface area contributed by atoms with Gasteiger partial charge in [0.2, 0.25) is 16.1 Å². The van der Waals surface area contributed by atoms with Crippen molar-refractivity contribution in [2.24, 2.45) is 0 Å². The van der Waals surface area contributed by atoms with E-state index in [1.54, 1.807) is 36.4 Å². The Bertz CT molecular complexity index is 936. The van der Waals surface area contributed by atoms with Crippen LogP contribution in [-0.2, 0) is 26.0 Å². The molecule has 1 aromatic carbocycles. The monoisotopic (exact) mass is 422 g/mol. The first-order valence-electron chi connectivity index (χ1n) is 8.91. The van der Waals surface area contributed by atoms with Crippen molar-refractivity contribution in [3.05, 3.63) is 57.8 Å². The van der Waals surface area contributed by atoms with Crippen LogP contribution in [0.25, 0.3) is 0 Å². The lowest BCUT2D eigenvalue weighted by Gasteiger charge is -2.17. The van der Waals surface area contributed by atoms with Crippen molar-refractivity contribution < 1.29 is 22.7 Å².